The van der Waals surface area contributed by atoms with E-state index < -0.39 is 27.0 Å². The van der Waals surface area contributed by atoms with Gasteiger partial charge in [0.2, 0.25) is 10.0 Å². The Labute approximate surface area is 156 Å². The lowest BCUT2D eigenvalue weighted by Crippen LogP contribution is -2.41. The summed E-state index contributed by atoms with van der Waals surface area (Å²) in [5.74, 6) is -0.762. The Hall–Kier alpha value is -2.10. The topological polar surface area (TPSA) is 58.6 Å². The van der Waals surface area contributed by atoms with E-state index in [9.17, 15) is 21.6 Å². The molecule has 0 heterocycles. The summed E-state index contributed by atoms with van der Waals surface area (Å²) in [6, 6.07) is 14.0. The molecule has 0 amide bonds. The van der Waals surface area contributed by atoms with Gasteiger partial charge in [0.05, 0.1) is 0 Å². The Morgan fingerprint density at radius 1 is 1.04 bits per heavy atom. The number of nitrogens with one attached hydrogen (secondary N) is 1. The highest BCUT2D eigenvalue weighted by Gasteiger charge is 2.34. The third-order valence-electron chi connectivity index (χ3n) is 3.92. The molecule has 1 atom stereocenters. The van der Waals surface area contributed by atoms with Crippen LogP contribution in [-0.2, 0) is 16.4 Å². The molecule has 9 heteroatoms. The van der Waals surface area contributed by atoms with Gasteiger partial charge >= 0.3 is 6.36 Å². The number of hydrogen-bond donors (Lipinski definition) is 1. The fourth-order valence-electron chi connectivity index (χ4n) is 2.49. The number of likely N-dealkylation sites (N-methyl/N-ethyl adjacent to an activating group) is 1. The Morgan fingerprint density at radius 2 is 1.63 bits per heavy atom. The molecule has 0 aromatic heterocycles. The largest absolute Gasteiger partial charge is 0.573 e. The smallest absolute Gasteiger partial charge is 0.404 e. The van der Waals surface area contributed by atoms with Crippen LogP contribution in [0.25, 0.3) is 0 Å². The Kier molecular flexibility index (Phi) is 6.85. The van der Waals surface area contributed by atoms with E-state index in [0.29, 0.717) is 6.42 Å². The fraction of sp³-hybridized carbons (Fsp3) is 0.333. The third-order valence-corrected chi connectivity index (χ3v) is 5.38. The van der Waals surface area contributed by atoms with E-state index in [1.54, 1.807) is 0 Å². The van der Waals surface area contributed by atoms with Crippen molar-refractivity contribution in [2.75, 3.05) is 20.6 Å². The molecule has 0 aliphatic carbocycles. The first-order valence-corrected chi connectivity index (χ1v) is 9.61. The number of hydrogen-bond acceptors (Lipinski definition) is 4. The number of ether oxygens (including phenoxy) is 1. The summed E-state index contributed by atoms with van der Waals surface area (Å²) in [4.78, 5) is 1.30. The molecule has 2 rings (SSSR count). The Bertz CT molecular complexity index is 840. The van der Waals surface area contributed by atoms with Gasteiger partial charge in [0.25, 0.3) is 0 Å². The number of rotatable bonds is 8. The van der Waals surface area contributed by atoms with Gasteiger partial charge in [0.15, 0.2) is 0 Å². The monoisotopic (exact) mass is 402 g/mol. The molecule has 0 radical (unpaired) electrons. The van der Waals surface area contributed by atoms with Gasteiger partial charge in [-0.05, 0) is 38.2 Å². The van der Waals surface area contributed by atoms with Crippen LogP contribution in [0.2, 0.25) is 0 Å². The molecule has 2 aromatic carbocycles. The van der Waals surface area contributed by atoms with Crippen LogP contribution in [0.5, 0.6) is 5.75 Å². The van der Waals surface area contributed by atoms with Crippen molar-refractivity contribution in [3.05, 3.63) is 60.2 Å². The first-order valence-electron chi connectivity index (χ1n) is 8.13. The van der Waals surface area contributed by atoms with Crippen LogP contribution >= 0.6 is 0 Å². The number of para-hydroxylation sites is 1. The summed E-state index contributed by atoms with van der Waals surface area (Å²) in [7, 11) is -0.570. The highest BCUT2D eigenvalue weighted by molar-refractivity contribution is 7.89. The van der Waals surface area contributed by atoms with E-state index in [4.69, 9.17) is 0 Å². The van der Waals surface area contributed by atoms with E-state index in [0.717, 1.165) is 17.7 Å². The van der Waals surface area contributed by atoms with Crippen LogP contribution in [0.1, 0.15) is 5.56 Å². The van der Waals surface area contributed by atoms with Crippen molar-refractivity contribution in [1.29, 1.82) is 0 Å². The van der Waals surface area contributed by atoms with Crippen molar-refractivity contribution in [3.8, 4) is 5.75 Å². The maximum absolute atomic E-state index is 12.5. The van der Waals surface area contributed by atoms with Crippen LogP contribution in [0.4, 0.5) is 13.2 Å². The van der Waals surface area contributed by atoms with Crippen molar-refractivity contribution in [1.82, 2.24) is 9.62 Å². The quantitative estimate of drug-likeness (QED) is 0.738. The zero-order valence-electron chi connectivity index (χ0n) is 14.9. The van der Waals surface area contributed by atoms with Gasteiger partial charge in [-0.1, -0.05) is 42.5 Å². The van der Waals surface area contributed by atoms with Gasteiger partial charge in [-0.25, -0.2) is 13.1 Å². The summed E-state index contributed by atoms with van der Waals surface area (Å²) in [6.45, 7) is 0.0323. The molecular formula is C18H21F3N2O3S. The zero-order valence-corrected chi connectivity index (χ0v) is 15.7. The molecule has 27 heavy (non-hydrogen) atoms. The van der Waals surface area contributed by atoms with E-state index in [-0.39, 0.29) is 12.6 Å². The average molecular weight is 402 g/mol. The minimum Gasteiger partial charge on any atom is -0.404 e. The van der Waals surface area contributed by atoms with Gasteiger partial charge in [-0.3, -0.25) is 0 Å². The van der Waals surface area contributed by atoms with Gasteiger partial charge < -0.3 is 9.64 Å². The Balaban J connectivity index is 2.15. The van der Waals surface area contributed by atoms with Gasteiger partial charge in [-0.15, -0.1) is 13.2 Å². The second kappa shape index (κ2) is 8.73. The lowest BCUT2D eigenvalue weighted by atomic mass is 10.1. The summed E-state index contributed by atoms with van der Waals surface area (Å²) in [5.41, 5.74) is 1.02. The first kappa shape index (κ1) is 21.2. The molecule has 2 aromatic rings. The Morgan fingerprint density at radius 3 is 2.22 bits per heavy atom. The summed E-state index contributed by atoms with van der Waals surface area (Å²) in [5, 5.41) is 0. The third kappa shape index (κ3) is 6.53. The molecule has 1 N–H and O–H groups in total. The average Bonchev–Trinajstić information content (AvgIpc) is 2.58. The highest BCUT2D eigenvalue weighted by atomic mass is 32.2. The minimum atomic E-state index is -4.98. The number of sulfonamides is 1. The molecule has 5 nitrogen and oxygen atoms in total. The normalized spacial score (nSPS) is 13.6. The van der Waals surface area contributed by atoms with E-state index in [2.05, 4.69) is 9.46 Å². The zero-order chi connectivity index (χ0) is 20.1. The number of halogens is 3. The molecule has 0 fully saturated rings. The lowest BCUT2D eigenvalue weighted by molar-refractivity contribution is -0.275. The van der Waals surface area contributed by atoms with E-state index in [1.807, 2.05) is 49.3 Å². The van der Waals surface area contributed by atoms with Crippen LogP contribution in [0.3, 0.4) is 0 Å². The second-order valence-electron chi connectivity index (χ2n) is 6.15. The van der Waals surface area contributed by atoms with Gasteiger partial charge in [0.1, 0.15) is 10.6 Å². The molecule has 0 aliphatic heterocycles. The van der Waals surface area contributed by atoms with Crippen LogP contribution < -0.4 is 9.46 Å². The molecule has 0 aliphatic rings. The van der Waals surface area contributed by atoms with Gasteiger partial charge in [-0.2, -0.15) is 0 Å². The van der Waals surface area contributed by atoms with Crippen LogP contribution in [-0.4, -0.2) is 46.4 Å². The van der Waals surface area contributed by atoms with E-state index in [1.165, 1.54) is 12.1 Å². The molecule has 0 saturated carbocycles. The summed E-state index contributed by atoms with van der Waals surface area (Å²) < 4.78 is 68.9. The van der Waals surface area contributed by atoms with Crippen molar-refractivity contribution < 1.29 is 26.3 Å². The standard InChI is InChI=1S/C18H21F3N2O3S/c1-23(2)15(12-14-8-4-3-5-9-14)13-22-27(24,25)17-11-7-6-10-16(17)26-18(19,20)21/h3-11,15,22H,12-13H2,1-2H3. The maximum atomic E-state index is 12.5. The number of benzene rings is 2. The van der Waals surface area contributed by atoms with Gasteiger partial charge in [0, 0.05) is 12.6 Å². The van der Waals surface area contributed by atoms with Crippen LogP contribution in [0, 0.1) is 0 Å². The molecule has 0 bridgehead atoms. The minimum absolute atomic E-state index is 0.0323. The summed E-state index contributed by atoms with van der Waals surface area (Å²) in [6.07, 6.45) is -4.40. The van der Waals surface area contributed by atoms with Crippen molar-refractivity contribution >= 4 is 10.0 Å². The first-order chi connectivity index (χ1) is 12.6. The highest BCUT2D eigenvalue weighted by Crippen LogP contribution is 2.29. The van der Waals surface area contributed by atoms with Crippen molar-refractivity contribution in [2.45, 2.75) is 23.7 Å². The molecule has 148 valence electrons. The predicted molar refractivity (Wildman–Crippen MR) is 95.9 cm³/mol. The van der Waals surface area contributed by atoms with Crippen molar-refractivity contribution in [3.63, 3.8) is 0 Å². The van der Waals surface area contributed by atoms with E-state index >= 15 is 0 Å². The summed E-state index contributed by atoms with van der Waals surface area (Å²) >= 11 is 0. The second-order valence-corrected chi connectivity index (χ2v) is 7.89. The number of alkyl halides is 3. The predicted octanol–water partition coefficient (Wildman–Crippen LogP) is 3.04. The SMILES string of the molecule is CN(C)C(CNS(=O)(=O)c1ccccc1OC(F)(F)F)Cc1ccccc1. The lowest BCUT2D eigenvalue weighted by Gasteiger charge is -2.25. The molecular weight excluding hydrogens is 381 g/mol. The maximum Gasteiger partial charge on any atom is 0.573 e. The van der Waals surface area contributed by atoms with Crippen molar-refractivity contribution in [2.24, 2.45) is 0 Å². The molecule has 1 unspecified atom stereocenters. The fourth-order valence-corrected chi connectivity index (χ4v) is 3.69. The molecule has 0 spiro atoms. The van der Waals surface area contributed by atoms with Crippen LogP contribution in [0.15, 0.2) is 59.5 Å². The number of nitrogens with zero attached hydrogens (tertiary/aromatic N) is 1. The molecule has 0 saturated heterocycles.